The standard InChI is InChI=1S/C19H28N2O2/c1-21(14-19(11-12-19)16-7-3-2-4-8-16)18(23)20-17-9-5-6-15(17)10-13-22/h2-4,7-8,15,17,22H,5-6,9-14H2,1H3,(H,20,23). The maximum Gasteiger partial charge on any atom is 0.317 e. The van der Waals surface area contributed by atoms with Gasteiger partial charge in [0.15, 0.2) is 0 Å². The van der Waals surface area contributed by atoms with E-state index in [1.165, 1.54) is 5.56 Å². The molecule has 2 aliphatic rings. The number of nitrogens with zero attached hydrogens (tertiary/aromatic N) is 1. The SMILES string of the molecule is CN(CC1(c2ccccc2)CC1)C(=O)NC1CCCC1CCO. The third-order valence-electron chi connectivity index (χ3n) is 5.59. The number of aliphatic hydroxyl groups is 1. The van der Waals surface area contributed by atoms with Gasteiger partial charge in [0.2, 0.25) is 0 Å². The van der Waals surface area contributed by atoms with Gasteiger partial charge >= 0.3 is 6.03 Å². The molecule has 23 heavy (non-hydrogen) atoms. The van der Waals surface area contributed by atoms with Crippen LogP contribution in [0.3, 0.4) is 0 Å². The smallest absolute Gasteiger partial charge is 0.317 e. The van der Waals surface area contributed by atoms with Crippen LogP contribution in [-0.4, -0.2) is 42.3 Å². The lowest BCUT2D eigenvalue weighted by atomic mass is 9.95. The van der Waals surface area contributed by atoms with E-state index in [1.807, 2.05) is 18.0 Å². The predicted molar refractivity (Wildman–Crippen MR) is 91.3 cm³/mol. The van der Waals surface area contributed by atoms with E-state index in [9.17, 15) is 4.79 Å². The average molecular weight is 316 g/mol. The zero-order chi connectivity index (χ0) is 16.3. The van der Waals surface area contributed by atoms with E-state index in [-0.39, 0.29) is 24.1 Å². The Hall–Kier alpha value is -1.55. The Bertz CT molecular complexity index is 527. The van der Waals surface area contributed by atoms with Crippen molar-refractivity contribution in [3.63, 3.8) is 0 Å². The van der Waals surface area contributed by atoms with Crippen LogP contribution in [0.2, 0.25) is 0 Å². The highest BCUT2D eigenvalue weighted by Gasteiger charge is 2.45. The maximum absolute atomic E-state index is 12.5. The van der Waals surface area contributed by atoms with Crippen LogP contribution in [0.5, 0.6) is 0 Å². The van der Waals surface area contributed by atoms with Crippen LogP contribution in [0, 0.1) is 5.92 Å². The van der Waals surface area contributed by atoms with Gasteiger partial charge in [-0.15, -0.1) is 0 Å². The summed E-state index contributed by atoms with van der Waals surface area (Å²) in [5.74, 6) is 0.432. The van der Waals surface area contributed by atoms with E-state index < -0.39 is 0 Å². The van der Waals surface area contributed by atoms with Crippen LogP contribution >= 0.6 is 0 Å². The minimum Gasteiger partial charge on any atom is -0.396 e. The summed E-state index contributed by atoms with van der Waals surface area (Å²) in [4.78, 5) is 14.4. The lowest BCUT2D eigenvalue weighted by Gasteiger charge is -2.28. The Morgan fingerprint density at radius 3 is 2.70 bits per heavy atom. The summed E-state index contributed by atoms with van der Waals surface area (Å²) in [7, 11) is 1.90. The maximum atomic E-state index is 12.5. The lowest BCUT2D eigenvalue weighted by Crippen LogP contribution is -2.46. The lowest BCUT2D eigenvalue weighted by molar-refractivity contribution is 0.191. The molecule has 0 heterocycles. The number of likely N-dealkylation sites (N-methyl/N-ethyl adjacent to an activating group) is 1. The summed E-state index contributed by atoms with van der Waals surface area (Å²) < 4.78 is 0. The van der Waals surface area contributed by atoms with Gasteiger partial charge in [0.1, 0.15) is 0 Å². The van der Waals surface area contributed by atoms with E-state index >= 15 is 0 Å². The van der Waals surface area contributed by atoms with Crippen molar-refractivity contribution in [2.24, 2.45) is 5.92 Å². The van der Waals surface area contributed by atoms with Crippen molar-refractivity contribution in [2.75, 3.05) is 20.2 Å². The van der Waals surface area contributed by atoms with Gasteiger partial charge in [0.05, 0.1) is 0 Å². The predicted octanol–water partition coefficient (Wildman–Crippen LogP) is 2.91. The molecule has 4 heteroatoms. The topological polar surface area (TPSA) is 52.6 Å². The zero-order valence-corrected chi connectivity index (χ0v) is 14.0. The summed E-state index contributed by atoms with van der Waals surface area (Å²) in [6, 6.07) is 10.8. The Kier molecular flexibility index (Phi) is 4.90. The monoisotopic (exact) mass is 316 g/mol. The Morgan fingerprint density at radius 2 is 2.04 bits per heavy atom. The van der Waals surface area contributed by atoms with E-state index in [1.54, 1.807) is 0 Å². The normalized spacial score (nSPS) is 25.1. The van der Waals surface area contributed by atoms with Gasteiger partial charge < -0.3 is 15.3 Å². The van der Waals surface area contributed by atoms with E-state index in [2.05, 4.69) is 29.6 Å². The fourth-order valence-corrected chi connectivity index (χ4v) is 4.01. The first-order chi connectivity index (χ1) is 11.1. The summed E-state index contributed by atoms with van der Waals surface area (Å²) >= 11 is 0. The molecule has 2 unspecified atom stereocenters. The molecule has 2 saturated carbocycles. The molecule has 0 saturated heterocycles. The highest BCUT2D eigenvalue weighted by molar-refractivity contribution is 5.74. The van der Waals surface area contributed by atoms with Gasteiger partial charge in [-0.2, -0.15) is 0 Å². The Labute approximate surface area is 138 Å². The van der Waals surface area contributed by atoms with Crippen molar-refractivity contribution in [3.05, 3.63) is 35.9 Å². The summed E-state index contributed by atoms with van der Waals surface area (Å²) in [5, 5.41) is 12.3. The first-order valence-corrected chi connectivity index (χ1v) is 8.83. The van der Waals surface area contributed by atoms with Crippen molar-refractivity contribution in [1.29, 1.82) is 0 Å². The molecule has 0 aliphatic heterocycles. The number of carbonyl (C=O) groups excluding carboxylic acids is 1. The first-order valence-electron chi connectivity index (χ1n) is 8.83. The van der Waals surface area contributed by atoms with Gasteiger partial charge in [-0.1, -0.05) is 36.8 Å². The van der Waals surface area contributed by atoms with Crippen molar-refractivity contribution < 1.29 is 9.90 Å². The van der Waals surface area contributed by atoms with Crippen LogP contribution in [0.15, 0.2) is 30.3 Å². The number of hydrogen-bond donors (Lipinski definition) is 2. The number of benzene rings is 1. The fraction of sp³-hybridized carbons (Fsp3) is 0.632. The summed E-state index contributed by atoms with van der Waals surface area (Å²) in [6.45, 7) is 0.990. The molecule has 2 N–H and O–H groups in total. The number of amides is 2. The molecule has 1 aromatic carbocycles. The quantitative estimate of drug-likeness (QED) is 0.848. The van der Waals surface area contributed by atoms with Gasteiger partial charge in [0.25, 0.3) is 0 Å². The molecule has 2 atom stereocenters. The van der Waals surface area contributed by atoms with E-state index in [4.69, 9.17) is 5.11 Å². The second-order valence-electron chi connectivity index (χ2n) is 7.26. The summed E-state index contributed by atoms with van der Waals surface area (Å²) in [5.41, 5.74) is 1.51. The molecule has 1 aromatic rings. The molecule has 3 rings (SSSR count). The third kappa shape index (κ3) is 3.69. The van der Waals surface area contributed by atoms with Crippen LogP contribution in [0.25, 0.3) is 0 Å². The average Bonchev–Trinajstić information content (AvgIpc) is 3.22. The van der Waals surface area contributed by atoms with E-state index in [0.717, 1.165) is 45.1 Å². The zero-order valence-electron chi connectivity index (χ0n) is 14.0. The minimum atomic E-state index is 0.0297. The number of carbonyl (C=O) groups is 1. The van der Waals surface area contributed by atoms with Crippen molar-refractivity contribution in [2.45, 2.75) is 50.0 Å². The first kappa shape index (κ1) is 16.3. The Morgan fingerprint density at radius 1 is 1.30 bits per heavy atom. The third-order valence-corrected chi connectivity index (χ3v) is 5.59. The molecule has 4 nitrogen and oxygen atoms in total. The van der Waals surface area contributed by atoms with Crippen molar-refractivity contribution in [1.82, 2.24) is 10.2 Å². The minimum absolute atomic E-state index is 0.0297. The molecular formula is C19H28N2O2. The number of rotatable bonds is 6. The molecule has 2 aliphatic carbocycles. The summed E-state index contributed by atoms with van der Waals surface area (Å²) in [6.07, 6.45) is 6.41. The molecule has 0 bridgehead atoms. The number of aliphatic hydroxyl groups excluding tert-OH is 1. The van der Waals surface area contributed by atoms with Crippen LogP contribution in [0.4, 0.5) is 4.79 Å². The van der Waals surface area contributed by atoms with E-state index in [0.29, 0.717) is 5.92 Å². The van der Waals surface area contributed by atoms with Crippen molar-refractivity contribution in [3.8, 4) is 0 Å². The number of urea groups is 1. The molecule has 126 valence electrons. The number of hydrogen-bond acceptors (Lipinski definition) is 2. The Balaban J connectivity index is 1.56. The molecule has 0 aromatic heterocycles. The van der Waals surface area contributed by atoms with Gasteiger partial charge in [-0.3, -0.25) is 0 Å². The molecule has 0 radical (unpaired) electrons. The highest BCUT2D eigenvalue weighted by atomic mass is 16.3. The highest BCUT2D eigenvalue weighted by Crippen LogP contribution is 2.48. The van der Waals surface area contributed by atoms with Gasteiger partial charge in [-0.25, -0.2) is 4.79 Å². The molecule has 2 fully saturated rings. The molecule has 0 spiro atoms. The van der Waals surface area contributed by atoms with Crippen LogP contribution in [-0.2, 0) is 5.41 Å². The largest absolute Gasteiger partial charge is 0.396 e. The fourth-order valence-electron chi connectivity index (χ4n) is 4.01. The van der Waals surface area contributed by atoms with Crippen molar-refractivity contribution >= 4 is 6.03 Å². The molecule has 2 amide bonds. The van der Waals surface area contributed by atoms with Gasteiger partial charge in [-0.05, 0) is 43.6 Å². The van der Waals surface area contributed by atoms with Crippen LogP contribution in [0.1, 0.15) is 44.1 Å². The van der Waals surface area contributed by atoms with Gasteiger partial charge in [0, 0.05) is 31.7 Å². The second kappa shape index (κ2) is 6.91. The number of nitrogens with one attached hydrogen (secondary N) is 1. The van der Waals surface area contributed by atoms with Crippen LogP contribution < -0.4 is 5.32 Å². The second-order valence-corrected chi connectivity index (χ2v) is 7.26. The molecular weight excluding hydrogens is 288 g/mol.